The van der Waals surface area contributed by atoms with Crippen LogP contribution in [0.4, 0.5) is 10.1 Å². The molecule has 0 bridgehead atoms. The van der Waals surface area contributed by atoms with Crippen molar-refractivity contribution in [3.8, 4) is 0 Å². The number of nitrogens with zero attached hydrogens (tertiary/aromatic N) is 2. The molecule has 1 amide bonds. The number of carbonyl (C=O) groups excluding carboxylic acids is 1. The van der Waals surface area contributed by atoms with Crippen LogP contribution in [0.2, 0.25) is 0 Å². The van der Waals surface area contributed by atoms with Crippen molar-refractivity contribution in [3.63, 3.8) is 0 Å². The van der Waals surface area contributed by atoms with Crippen LogP contribution in [0, 0.1) is 11.7 Å². The predicted octanol–water partition coefficient (Wildman–Crippen LogP) is 3.53. The number of halogens is 1. The molecule has 0 radical (unpaired) electrons. The number of rotatable bonds is 6. The first-order chi connectivity index (χ1) is 15.4. The summed E-state index contributed by atoms with van der Waals surface area (Å²) >= 11 is 0. The minimum Gasteiger partial charge on any atom is -0.372 e. The Kier molecular flexibility index (Phi) is 7.10. The fourth-order valence-corrected chi connectivity index (χ4v) is 5.96. The van der Waals surface area contributed by atoms with Crippen molar-refractivity contribution in [1.29, 1.82) is 0 Å². The Labute approximate surface area is 189 Å². The van der Waals surface area contributed by atoms with E-state index in [1.165, 1.54) is 41.4 Å². The van der Waals surface area contributed by atoms with Crippen molar-refractivity contribution in [2.75, 3.05) is 31.1 Å². The van der Waals surface area contributed by atoms with E-state index in [0.29, 0.717) is 25.9 Å². The van der Waals surface area contributed by atoms with Gasteiger partial charge in [-0.1, -0.05) is 12.1 Å². The molecule has 8 heteroatoms. The highest BCUT2D eigenvalue weighted by molar-refractivity contribution is 7.89. The molecule has 2 heterocycles. The first-order valence-corrected chi connectivity index (χ1v) is 12.7. The molecule has 2 fully saturated rings. The number of piperidine rings is 2. The number of carbonyl (C=O) groups is 1. The van der Waals surface area contributed by atoms with Crippen LogP contribution in [0.1, 0.15) is 37.7 Å². The summed E-state index contributed by atoms with van der Waals surface area (Å²) in [7, 11) is -3.75. The lowest BCUT2D eigenvalue weighted by Crippen LogP contribution is -2.45. The zero-order valence-corrected chi connectivity index (χ0v) is 19.0. The van der Waals surface area contributed by atoms with Crippen LogP contribution < -0.4 is 10.2 Å². The van der Waals surface area contributed by atoms with Crippen LogP contribution in [0.5, 0.6) is 0 Å². The predicted molar refractivity (Wildman–Crippen MR) is 122 cm³/mol. The molecule has 2 aromatic rings. The lowest BCUT2D eigenvalue weighted by atomic mass is 9.98. The zero-order valence-electron chi connectivity index (χ0n) is 18.2. The number of hydrogen-bond acceptors (Lipinski definition) is 4. The number of benzene rings is 2. The number of hydrogen-bond donors (Lipinski definition) is 1. The molecular weight excluding hydrogens is 429 g/mol. The quantitative estimate of drug-likeness (QED) is 0.718. The molecule has 1 unspecified atom stereocenters. The number of sulfonamides is 1. The molecule has 0 aromatic heterocycles. The van der Waals surface area contributed by atoms with Gasteiger partial charge in [-0.3, -0.25) is 4.79 Å². The fraction of sp³-hybridized carbons (Fsp3) is 0.458. The summed E-state index contributed by atoms with van der Waals surface area (Å²) in [5, 5.41) is 2.96. The third kappa shape index (κ3) is 5.30. The topological polar surface area (TPSA) is 69.7 Å². The van der Waals surface area contributed by atoms with E-state index < -0.39 is 21.8 Å². The van der Waals surface area contributed by atoms with Crippen LogP contribution in [0.3, 0.4) is 0 Å². The van der Waals surface area contributed by atoms with E-state index in [9.17, 15) is 17.6 Å². The Morgan fingerprint density at radius 2 is 1.62 bits per heavy atom. The van der Waals surface area contributed by atoms with Gasteiger partial charge in [-0.05, 0) is 74.1 Å². The smallest absolute Gasteiger partial charge is 0.243 e. The van der Waals surface area contributed by atoms with E-state index >= 15 is 0 Å². The molecule has 2 saturated heterocycles. The number of amides is 1. The average Bonchev–Trinajstić information content (AvgIpc) is 2.84. The molecule has 1 N–H and O–H groups in total. The van der Waals surface area contributed by atoms with Gasteiger partial charge in [-0.15, -0.1) is 0 Å². The first-order valence-electron chi connectivity index (χ1n) is 11.3. The zero-order chi connectivity index (χ0) is 22.6. The Morgan fingerprint density at radius 3 is 2.31 bits per heavy atom. The standard InChI is InChI=1S/C24H30FN3O3S/c25-21-8-12-23(13-9-21)32(30,31)28-16-4-5-20(18-28)24(29)26-17-19-6-10-22(11-7-19)27-14-2-1-3-15-27/h6-13,20H,1-5,14-18H2,(H,26,29). The summed E-state index contributed by atoms with van der Waals surface area (Å²) in [6, 6.07) is 13.1. The second kappa shape index (κ2) is 10.0. The number of nitrogens with one attached hydrogen (secondary N) is 1. The van der Waals surface area contributed by atoms with Crippen molar-refractivity contribution < 1.29 is 17.6 Å². The van der Waals surface area contributed by atoms with Gasteiger partial charge in [0.15, 0.2) is 0 Å². The molecule has 1 atom stereocenters. The van der Waals surface area contributed by atoms with Crippen molar-refractivity contribution >= 4 is 21.6 Å². The van der Waals surface area contributed by atoms with Crippen molar-refractivity contribution in [3.05, 3.63) is 59.9 Å². The molecule has 0 spiro atoms. The SMILES string of the molecule is O=C(NCc1ccc(N2CCCCC2)cc1)C1CCCN(S(=O)(=O)c2ccc(F)cc2)C1. The van der Waals surface area contributed by atoms with Crippen LogP contribution in [-0.2, 0) is 21.4 Å². The fourth-order valence-electron chi connectivity index (χ4n) is 4.44. The molecule has 4 rings (SSSR count). The highest BCUT2D eigenvalue weighted by Crippen LogP contribution is 2.24. The molecule has 32 heavy (non-hydrogen) atoms. The van der Waals surface area contributed by atoms with E-state index in [4.69, 9.17) is 0 Å². The van der Waals surface area contributed by atoms with E-state index in [2.05, 4.69) is 22.3 Å². The number of anilines is 1. The van der Waals surface area contributed by atoms with Gasteiger partial charge in [0.1, 0.15) is 5.82 Å². The summed E-state index contributed by atoms with van der Waals surface area (Å²) in [5.41, 5.74) is 2.24. The molecule has 2 aromatic carbocycles. The van der Waals surface area contributed by atoms with Crippen molar-refractivity contribution in [1.82, 2.24) is 9.62 Å². The largest absolute Gasteiger partial charge is 0.372 e. The monoisotopic (exact) mass is 459 g/mol. The van der Waals surface area contributed by atoms with E-state index in [1.54, 1.807) is 0 Å². The molecule has 172 valence electrons. The minimum atomic E-state index is -3.75. The first kappa shape index (κ1) is 22.7. The summed E-state index contributed by atoms with van der Waals surface area (Å²) < 4.78 is 40.2. The second-order valence-corrected chi connectivity index (χ2v) is 10.5. The van der Waals surface area contributed by atoms with Gasteiger partial charge in [0.25, 0.3) is 0 Å². The molecule has 6 nitrogen and oxygen atoms in total. The van der Waals surface area contributed by atoms with Gasteiger partial charge >= 0.3 is 0 Å². The van der Waals surface area contributed by atoms with Gasteiger partial charge in [-0.2, -0.15) is 4.31 Å². The van der Waals surface area contributed by atoms with Gasteiger partial charge in [0, 0.05) is 38.4 Å². The lowest BCUT2D eigenvalue weighted by molar-refractivity contribution is -0.126. The van der Waals surface area contributed by atoms with Gasteiger partial charge in [-0.25, -0.2) is 12.8 Å². The summed E-state index contributed by atoms with van der Waals surface area (Å²) in [4.78, 5) is 15.2. The van der Waals surface area contributed by atoms with Crippen molar-refractivity contribution in [2.45, 2.75) is 43.5 Å². The highest BCUT2D eigenvalue weighted by Gasteiger charge is 2.33. The normalized spacial score (nSPS) is 20.2. The maximum atomic E-state index is 13.2. The summed E-state index contributed by atoms with van der Waals surface area (Å²) in [6.07, 6.45) is 5.02. The van der Waals surface area contributed by atoms with E-state index in [1.807, 2.05) is 12.1 Å². The summed E-state index contributed by atoms with van der Waals surface area (Å²) in [6.45, 7) is 3.10. The van der Waals surface area contributed by atoms with E-state index in [0.717, 1.165) is 30.8 Å². The maximum Gasteiger partial charge on any atom is 0.243 e. The average molecular weight is 460 g/mol. The van der Waals surface area contributed by atoms with Gasteiger partial charge in [0.2, 0.25) is 15.9 Å². The third-order valence-corrected chi connectivity index (χ3v) is 8.21. The van der Waals surface area contributed by atoms with Crippen LogP contribution in [0.15, 0.2) is 53.4 Å². The highest BCUT2D eigenvalue weighted by atomic mass is 32.2. The molecule has 2 aliphatic rings. The van der Waals surface area contributed by atoms with Gasteiger partial charge in [0.05, 0.1) is 10.8 Å². The second-order valence-electron chi connectivity index (χ2n) is 8.59. The summed E-state index contributed by atoms with van der Waals surface area (Å²) in [5.74, 6) is -1.01. The lowest BCUT2D eigenvalue weighted by Gasteiger charge is -2.31. The van der Waals surface area contributed by atoms with Crippen LogP contribution in [-0.4, -0.2) is 44.8 Å². The Hall–Kier alpha value is -2.45. The third-order valence-electron chi connectivity index (χ3n) is 6.33. The maximum absolute atomic E-state index is 13.2. The molecule has 0 aliphatic carbocycles. The Morgan fingerprint density at radius 1 is 0.938 bits per heavy atom. The molecule has 0 saturated carbocycles. The molecule has 2 aliphatic heterocycles. The van der Waals surface area contributed by atoms with E-state index in [-0.39, 0.29) is 17.3 Å². The Bertz CT molecular complexity index is 1020. The van der Waals surface area contributed by atoms with Crippen LogP contribution in [0.25, 0.3) is 0 Å². The van der Waals surface area contributed by atoms with Crippen molar-refractivity contribution in [2.24, 2.45) is 5.92 Å². The van der Waals surface area contributed by atoms with Crippen LogP contribution >= 0.6 is 0 Å². The molecular formula is C24H30FN3O3S. The Balaban J connectivity index is 1.33. The minimum absolute atomic E-state index is 0.0498. The van der Waals surface area contributed by atoms with Gasteiger partial charge < -0.3 is 10.2 Å².